The topological polar surface area (TPSA) is 99.1 Å². The number of sulfonamides is 1. The largest absolute Gasteiger partial charge is 0.507 e. The van der Waals surface area contributed by atoms with Crippen LogP contribution in [0.25, 0.3) is 0 Å². The highest BCUT2D eigenvalue weighted by Gasteiger charge is 2.28. The molecule has 0 aliphatic heterocycles. The highest BCUT2D eigenvalue weighted by atomic mass is 32.2. The number of phenols is 1. The molecule has 0 aromatic heterocycles. The van der Waals surface area contributed by atoms with Crippen molar-refractivity contribution in [3.8, 4) is 5.75 Å². The van der Waals surface area contributed by atoms with Crippen molar-refractivity contribution in [1.82, 2.24) is 5.43 Å². The van der Waals surface area contributed by atoms with Gasteiger partial charge in [0.15, 0.2) is 0 Å². The molecule has 0 bridgehead atoms. The standard InChI is InChI=1S/C24H25N3O4S/c1-17-11-13-21(14-12-17)32(30,31)27(22-9-6-7-18(2)19(22)3)16-24(29)26-25-15-20-8-4-5-10-23(20)28/h4-15,28H,16H2,1-3H3,(H,26,29)/b25-15-. The number of anilines is 1. The van der Waals surface area contributed by atoms with Gasteiger partial charge in [-0.1, -0.05) is 42.0 Å². The number of nitrogens with one attached hydrogen (secondary N) is 1. The third kappa shape index (κ3) is 5.15. The van der Waals surface area contributed by atoms with Crippen LogP contribution in [0.5, 0.6) is 5.75 Å². The lowest BCUT2D eigenvalue weighted by molar-refractivity contribution is -0.119. The van der Waals surface area contributed by atoms with Gasteiger partial charge >= 0.3 is 0 Å². The quantitative estimate of drug-likeness (QED) is 0.423. The zero-order valence-electron chi connectivity index (χ0n) is 18.1. The Kier molecular flexibility index (Phi) is 6.95. The normalized spacial score (nSPS) is 11.5. The summed E-state index contributed by atoms with van der Waals surface area (Å²) in [6.45, 7) is 5.11. The minimum absolute atomic E-state index is 0.0180. The minimum atomic E-state index is -4.01. The number of rotatable bonds is 7. The molecule has 1 amide bonds. The number of hydrogen-bond acceptors (Lipinski definition) is 5. The Morgan fingerprint density at radius 2 is 1.69 bits per heavy atom. The van der Waals surface area contributed by atoms with E-state index in [1.165, 1.54) is 24.4 Å². The van der Waals surface area contributed by atoms with Crippen LogP contribution in [0.15, 0.2) is 76.7 Å². The van der Waals surface area contributed by atoms with Gasteiger partial charge in [-0.05, 0) is 62.2 Å². The average Bonchev–Trinajstić information content (AvgIpc) is 2.76. The van der Waals surface area contributed by atoms with E-state index >= 15 is 0 Å². The summed E-state index contributed by atoms with van der Waals surface area (Å²) in [6, 6.07) is 18.3. The van der Waals surface area contributed by atoms with E-state index < -0.39 is 22.5 Å². The van der Waals surface area contributed by atoms with E-state index in [0.717, 1.165) is 21.0 Å². The van der Waals surface area contributed by atoms with Crippen molar-refractivity contribution in [3.05, 3.63) is 89.0 Å². The zero-order chi connectivity index (χ0) is 23.3. The lowest BCUT2D eigenvalue weighted by atomic mass is 10.1. The second kappa shape index (κ2) is 9.65. The number of phenolic OH excluding ortho intramolecular Hbond substituents is 1. The highest BCUT2D eigenvalue weighted by Crippen LogP contribution is 2.28. The Morgan fingerprint density at radius 3 is 2.38 bits per heavy atom. The van der Waals surface area contributed by atoms with Crippen molar-refractivity contribution in [1.29, 1.82) is 0 Å². The number of nitrogens with zero attached hydrogens (tertiary/aromatic N) is 2. The van der Waals surface area contributed by atoms with E-state index in [1.54, 1.807) is 42.5 Å². The minimum Gasteiger partial charge on any atom is -0.507 e. The average molecular weight is 452 g/mol. The van der Waals surface area contributed by atoms with Crippen LogP contribution in [0.2, 0.25) is 0 Å². The van der Waals surface area contributed by atoms with Crippen molar-refractivity contribution in [2.75, 3.05) is 10.8 Å². The Hall–Kier alpha value is -3.65. The Bertz CT molecular complexity index is 1250. The first-order chi connectivity index (χ1) is 15.2. The first kappa shape index (κ1) is 23.0. The summed E-state index contributed by atoms with van der Waals surface area (Å²) < 4.78 is 28.0. The van der Waals surface area contributed by atoms with Crippen LogP contribution in [-0.4, -0.2) is 32.2 Å². The molecular weight excluding hydrogens is 426 g/mol. The van der Waals surface area contributed by atoms with Crippen molar-refractivity contribution in [3.63, 3.8) is 0 Å². The van der Waals surface area contributed by atoms with Crippen molar-refractivity contribution in [2.45, 2.75) is 25.7 Å². The third-order valence-electron chi connectivity index (χ3n) is 5.07. The number of para-hydroxylation sites is 1. The number of aryl methyl sites for hydroxylation is 2. The first-order valence-electron chi connectivity index (χ1n) is 9.95. The molecule has 0 aliphatic carbocycles. The number of hydrazone groups is 1. The van der Waals surface area contributed by atoms with Gasteiger partial charge in [0.25, 0.3) is 15.9 Å². The molecule has 0 unspecified atom stereocenters. The second-order valence-electron chi connectivity index (χ2n) is 7.40. The molecule has 0 atom stereocenters. The molecule has 7 nitrogen and oxygen atoms in total. The predicted octanol–water partition coefficient (Wildman–Crippen LogP) is 3.66. The van der Waals surface area contributed by atoms with Gasteiger partial charge in [-0.15, -0.1) is 0 Å². The fraction of sp³-hybridized carbons (Fsp3) is 0.167. The number of aromatic hydroxyl groups is 1. The van der Waals surface area contributed by atoms with Gasteiger partial charge in [0, 0.05) is 5.56 Å². The van der Waals surface area contributed by atoms with Gasteiger partial charge in [-0.3, -0.25) is 9.10 Å². The Morgan fingerprint density at radius 1 is 1.00 bits per heavy atom. The summed E-state index contributed by atoms with van der Waals surface area (Å²) >= 11 is 0. The summed E-state index contributed by atoms with van der Waals surface area (Å²) in [5.41, 5.74) is 5.78. The van der Waals surface area contributed by atoms with Gasteiger partial charge in [-0.2, -0.15) is 5.10 Å². The van der Waals surface area contributed by atoms with E-state index in [1.807, 2.05) is 26.8 Å². The fourth-order valence-electron chi connectivity index (χ4n) is 3.08. The fourth-order valence-corrected chi connectivity index (χ4v) is 4.56. The molecule has 166 valence electrons. The summed E-state index contributed by atoms with van der Waals surface area (Å²) in [4.78, 5) is 12.7. The van der Waals surface area contributed by atoms with Crippen molar-refractivity contribution in [2.24, 2.45) is 5.10 Å². The van der Waals surface area contributed by atoms with Gasteiger partial charge in [0.2, 0.25) is 0 Å². The van der Waals surface area contributed by atoms with Gasteiger partial charge in [0.05, 0.1) is 16.8 Å². The zero-order valence-corrected chi connectivity index (χ0v) is 18.9. The molecule has 0 heterocycles. The lowest BCUT2D eigenvalue weighted by Crippen LogP contribution is -2.40. The first-order valence-corrected chi connectivity index (χ1v) is 11.4. The molecule has 2 N–H and O–H groups in total. The van der Waals surface area contributed by atoms with Crippen molar-refractivity contribution < 1.29 is 18.3 Å². The maximum atomic E-state index is 13.5. The molecule has 3 rings (SSSR count). The van der Waals surface area contributed by atoms with Crippen LogP contribution in [0.4, 0.5) is 5.69 Å². The molecule has 3 aromatic carbocycles. The van der Waals surface area contributed by atoms with Crippen LogP contribution in [-0.2, 0) is 14.8 Å². The Balaban J connectivity index is 1.91. The van der Waals surface area contributed by atoms with E-state index in [-0.39, 0.29) is 10.6 Å². The number of amides is 1. The third-order valence-corrected chi connectivity index (χ3v) is 6.84. The maximum Gasteiger partial charge on any atom is 0.264 e. The van der Waals surface area contributed by atoms with Gasteiger partial charge < -0.3 is 5.11 Å². The molecule has 0 saturated heterocycles. The van der Waals surface area contributed by atoms with Crippen LogP contribution in [0, 0.1) is 20.8 Å². The van der Waals surface area contributed by atoms with Crippen LogP contribution in [0.1, 0.15) is 22.3 Å². The molecule has 0 radical (unpaired) electrons. The van der Waals surface area contributed by atoms with E-state index in [0.29, 0.717) is 11.3 Å². The second-order valence-corrected chi connectivity index (χ2v) is 9.26. The highest BCUT2D eigenvalue weighted by molar-refractivity contribution is 7.92. The molecule has 0 aliphatic rings. The van der Waals surface area contributed by atoms with Gasteiger partial charge in [-0.25, -0.2) is 13.8 Å². The van der Waals surface area contributed by atoms with Crippen molar-refractivity contribution >= 4 is 27.8 Å². The molecule has 0 spiro atoms. The summed E-state index contributed by atoms with van der Waals surface area (Å²) in [5.74, 6) is -0.599. The number of carbonyl (C=O) groups excluding carboxylic acids is 1. The number of carbonyl (C=O) groups is 1. The number of hydrogen-bond donors (Lipinski definition) is 2. The van der Waals surface area contributed by atoms with Gasteiger partial charge in [0.1, 0.15) is 12.3 Å². The summed E-state index contributed by atoms with van der Waals surface area (Å²) in [5, 5.41) is 13.6. The monoisotopic (exact) mass is 451 g/mol. The smallest absolute Gasteiger partial charge is 0.264 e. The predicted molar refractivity (Wildman–Crippen MR) is 125 cm³/mol. The van der Waals surface area contributed by atoms with Crippen LogP contribution >= 0.6 is 0 Å². The molecule has 32 heavy (non-hydrogen) atoms. The molecule has 8 heteroatoms. The molecule has 0 fully saturated rings. The summed E-state index contributed by atoms with van der Waals surface area (Å²) in [7, 11) is -4.01. The molecule has 0 saturated carbocycles. The van der Waals surface area contributed by atoms with Crippen LogP contribution in [0.3, 0.4) is 0 Å². The van der Waals surface area contributed by atoms with E-state index in [2.05, 4.69) is 10.5 Å². The SMILES string of the molecule is Cc1ccc(S(=O)(=O)N(CC(=O)N/N=C\c2ccccc2O)c2cccc(C)c2C)cc1. The Labute approximate surface area is 188 Å². The van der Waals surface area contributed by atoms with E-state index in [4.69, 9.17) is 0 Å². The van der Waals surface area contributed by atoms with Crippen LogP contribution < -0.4 is 9.73 Å². The van der Waals surface area contributed by atoms with E-state index in [9.17, 15) is 18.3 Å². The lowest BCUT2D eigenvalue weighted by Gasteiger charge is -2.26. The molecular formula is C24H25N3O4S. The molecule has 3 aromatic rings. The maximum absolute atomic E-state index is 13.5. The summed E-state index contributed by atoms with van der Waals surface area (Å²) in [6.07, 6.45) is 1.30. The number of benzene rings is 3.